The van der Waals surface area contributed by atoms with Gasteiger partial charge in [0.1, 0.15) is 0 Å². The van der Waals surface area contributed by atoms with Gasteiger partial charge < -0.3 is 10.2 Å². The first-order valence-electron chi connectivity index (χ1n) is 6.29. The van der Waals surface area contributed by atoms with Gasteiger partial charge in [0.05, 0.1) is 0 Å². The maximum atomic E-state index is 12.4. The van der Waals surface area contributed by atoms with Crippen LogP contribution in [0.4, 0.5) is 0 Å². The van der Waals surface area contributed by atoms with E-state index in [1.165, 1.54) is 0 Å². The van der Waals surface area contributed by atoms with Gasteiger partial charge in [0, 0.05) is 25.2 Å². The molecule has 92 valence electrons. The molecule has 2 rings (SSSR count). The zero-order valence-electron chi connectivity index (χ0n) is 10.6. The summed E-state index contributed by atoms with van der Waals surface area (Å²) in [7, 11) is 1.91. The van der Waals surface area contributed by atoms with Crippen LogP contribution >= 0.6 is 0 Å². The molecule has 0 aromatic heterocycles. The number of nitrogens with one attached hydrogen (secondary N) is 1. The highest BCUT2D eigenvalue weighted by molar-refractivity contribution is 5.95. The summed E-state index contributed by atoms with van der Waals surface area (Å²) in [5.74, 6) is 0.149. The molecule has 1 aromatic carbocycles. The Morgan fingerprint density at radius 2 is 2.24 bits per heavy atom. The Labute approximate surface area is 103 Å². The zero-order chi connectivity index (χ0) is 12.3. The highest BCUT2D eigenvalue weighted by Crippen LogP contribution is 2.15. The lowest BCUT2D eigenvalue weighted by molar-refractivity contribution is 0.0742. The van der Waals surface area contributed by atoms with Gasteiger partial charge in [0.2, 0.25) is 0 Å². The van der Waals surface area contributed by atoms with Crippen LogP contribution in [0.1, 0.15) is 29.3 Å². The van der Waals surface area contributed by atoms with Crippen molar-refractivity contribution in [1.82, 2.24) is 10.2 Å². The quantitative estimate of drug-likeness (QED) is 0.860. The molecule has 1 aromatic rings. The molecule has 0 spiro atoms. The van der Waals surface area contributed by atoms with Crippen LogP contribution < -0.4 is 5.32 Å². The van der Waals surface area contributed by atoms with Crippen LogP contribution in [0.5, 0.6) is 0 Å². The van der Waals surface area contributed by atoms with Crippen molar-refractivity contribution >= 4 is 5.91 Å². The van der Waals surface area contributed by atoms with E-state index in [9.17, 15) is 4.79 Å². The summed E-state index contributed by atoms with van der Waals surface area (Å²) in [6.07, 6.45) is 1.95. The van der Waals surface area contributed by atoms with Gasteiger partial charge in [-0.3, -0.25) is 4.79 Å². The van der Waals surface area contributed by atoms with Crippen LogP contribution in [0.3, 0.4) is 0 Å². The first-order chi connectivity index (χ1) is 8.24. The molecule has 17 heavy (non-hydrogen) atoms. The Bertz CT molecular complexity index is 397. The van der Waals surface area contributed by atoms with Crippen LogP contribution in [0.25, 0.3) is 0 Å². The van der Waals surface area contributed by atoms with E-state index < -0.39 is 0 Å². The van der Waals surface area contributed by atoms with E-state index in [4.69, 9.17) is 0 Å². The largest absolute Gasteiger partial charge is 0.337 e. The zero-order valence-corrected chi connectivity index (χ0v) is 10.6. The van der Waals surface area contributed by atoms with E-state index >= 15 is 0 Å². The standard InChI is InChI=1S/C14H20N2O/c1-3-11-6-4-5-7-13(11)14(17)16(2)12-8-9-15-10-12/h4-7,12,15H,3,8-10H2,1-2H3/t12-/m0/s1. The molecule has 1 aliphatic heterocycles. The Morgan fingerprint density at radius 1 is 1.47 bits per heavy atom. The lowest BCUT2D eigenvalue weighted by atomic mass is 10.0. The van der Waals surface area contributed by atoms with Gasteiger partial charge in [-0.05, 0) is 31.0 Å². The van der Waals surface area contributed by atoms with Crippen molar-refractivity contribution in [3.8, 4) is 0 Å². The molecule has 1 saturated heterocycles. The fourth-order valence-corrected chi connectivity index (χ4v) is 2.36. The van der Waals surface area contributed by atoms with Crippen molar-refractivity contribution in [3.05, 3.63) is 35.4 Å². The molecule has 0 saturated carbocycles. The third kappa shape index (κ3) is 2.50. The molecule has 0 unspecified atom stereocenters. The van der Waals surface area contributed by atoms with Gasteiger partial charge in [0.15, 0.2) is 0 Å². The maximum absolute atomic E-state index is 12.4. The number of hydrogen-bond acceptors (Lipinski definition) is 2. The van der Waals surface area contributed by atoms with Crippen LogP contribution in [0.2, 0.25) is 0 Å². The SMILES string of the molecule is CCc1ccccc1C(=O)N(C)[C@H]1CCNC1. The maximum Gasteiger partial charge on any atom is 0.254 e. The Balaban J connectivity index is 2.18. The van der Waals surface area contributed by atoms with Gasteiger partial charge in [-0.1, -0.05) is 25.1 Å². The lowest BCUT2D eigenvalue weighted by Crippen LogP contribution is -2.38. The van der Waals surface area contributed by atoms with Gasteiger partial charge in [-0.15, -0.1) is 0 Å². The van der Waals surface area contributed by atoms with Gasteiger partial charge in [-0.25, -0.2) is 0 Å². The molecule has 1 N–H and O–H groups in total. The number of carbonyl (C=O) groups is 1. The van der Waals surface area contributed by atoms with Crippen LogP contribution in [0, 0.1) is 0 Å². The second-order valence-corrected chi connectivity index (χ2v) is 4.57. The first-order valence-corrected chi connectivity index (χ1v) is 6.29. The molecule has 1 fully saturated rings. The van der Waals surface area contributed by atoms with Crippen molar-refractivity contribution in [2.24, 2.45) is 0 Å². The molecule has 1 amide bonds. The summed E-state index contributed by atoms with van der Waals surface area (Å²) < 4.78 is 0. The number of benzene rings is 1. The Kier molecular flexibility index (Phi) is 3.79. The highest BCUT2D eigenvalue weighted by Gasteiger charge is 2.24. The highest BCUT2D eigenvalue weighted by atomic mass is 16.2. The molecule has 3 heteroatoms. The van der Waals surface area contributed by atoms with Crippen molar-refractivity contribution in [2.45, 2.75) is 25.8 Å². The molecule has 0 aliphatic carbocycles. The fraction of sp³-hybridized carbons (Fsp3) is 0.500. The Morgan fingerprint density at radius 3 is 2.88 bits per heavy atom. The van der Waals surface area contributed by atoms with E-state index in [1.54, 1.807) is 0 Å². The monoisotopic (exact) mass is 232 g/mol. The summed E-state index contributed by atoms with van der Waals surface area (Å²) in [6, 6.07) is 8.24. The Hall–Kier alpha value is -1.35. The molecule has 1 atom stereocenters. The number of carbonyl (C=O) groups excluding carboxylic acids is 1. The number of amides is 1. The van der Waals surface area contributed by atoms with Crippen molar-refractivity contribution < 1.29 is 4.79 Å². The van der Waals surface area contributed by atoms with E-state index in [1.807, 2.05) is 36.2 Å². The second-order valence-electron chi connectivity index (χ2n) is 4.57. The predicted octanol–water partition coefficient (Wildman–Crippen LogP) is 1.68. The third-order valence-corrected chi connectivity index (χ3v) is 3.53. The topological polar surface area (TPSA) is 32.3 Å². The normalized spacial score (nSPS) is 19.3. The van der Waals surface area contributed by atoms with Gasteiger partial charge in [0.25, 0.3) is 5.91 Å². The molecule has 3 nitrogen and oxygen atoms in total. The number of likely N-dealkylation sites (N-methyl/N-ethyl adjacent to an activating group) is 1. The molecule has 0 radical (unpaired) electrons. The molecular weight excluding hydrogens is 212 g/mol. The number of aryl methyl sites for hydroxylation is 1. The summed E-state index contributed by atoms with van der Waals surface area (Å²) in [5, 5.41) is 3.29. The van der Waals surface area contributed by atoms with Crippen molar-refractivity contribution in [2.75, 3.05) is 20.1 Å². The number of rotatable bonds is 3. The molecule has 1 aliphatic rings. The van der Waals surface area contributed by atoms with Crippen LogP contribution in [0.15, 0.2) is 24.3 Å². The third-order valence-electron chi connectivity index (χ3n) is 3.53. The second kappa shape index (κ2) is 5.32. The summed E-state index contributed by atoms with van der Waals surface area (Å²) in [4.78, 5) is 14.3. The minimum absolute atomic E-state index is 0.149. The first kappa shape index (κ1) is 12.1. The minimum Gasteiger partial charge on any atom is -0.337 e. The van der Waals surface area contributed by atoms with Gasteiger partial charge in [-0.2, -0.15) is 0 Å². The average molecular weight is 232 g/mol. The van der Waals surface area contributed by atoms with Crippen LogP contribution in [-0.4, -0.2) is 37.0 Å². The van der Waals surface area contributed by atoms with Crippen molar-refractivity contribution in [3.63, 3.8) is 0 Å². The van der Waals surface area contributed by atoms with E-state index in [0.29, 0.717) is 6.04 Å². The van der Waals surface area contributed by atoms with E-state index in [-0.39, 0.29) is 5.91 Å². The number of hydrogen-bond donors (Lipinski definition) is 1. The van der Waals surface area contributed by atoms with E-state index in [0.717, 1.165) is 37.1 Å². The van der Waals surface area contributed by atoms with Crippen LogP contribution in [-0.2, 0) is 6.42 Å². The predicted molar refractivity (Wildman–Crippen MR) is 69.2 cm³/mol. The average Bonchev–Trinajstić information content (AvgIpc) is 2.90. The smallest absolute Gasteiger partial charge is 0.254 e. The van der Waals surface area contributed by atoms with Crippen molar-refractivity contribution in [1.29, 1.82) is 0 Å². The van der Waals surface area contributed by atoms with Gasteiger partial charge >= 0.3 is 0 Å². The summed E-state index contributed by atoms with van der Waals surface area (Å²) in [5.41, 5.74) is 1.99. The fourth-order valence-electron chi connectivity index (χ4n) is 2.36. The molecular formula is C14H20N2O. The summed E-state index contributed by atoms with van der Waals surface area (Å²) in [6.45, 7) is 4.01. The lowest BCUT2D eigenvalue weighted by Gasteiger charge is -2.24. The molecule has 1 heterocycles. The molecule has 0 bridgehead atoms. The van der Waals surface area contributed by atoms with E-state index in [2.05, 4.69) is 12.2 Å². The minimum atomic E-state index is 0.149. The summed E-state index contributed by atoms with van der Waals surface area (Å²) >= 11 is 0. The number of nitrogens with zero attached hydrogens (tertiary/aromatic N) is 1.